The van der Waals surface area contributed by atoms with Gasteiger partial charge >= 0.3 is 0 Å². The molecule has 0 unspecified atom stereocenters. The summed E-state index contributed by atoms with van der Waals surface area (Å²) < 4.78 is 11.1. The van der Waals surface area contributed by atoms with Gasteiger partial charge in [-0.2, -0.15) is 0 Å². The van der Waals surface area contributed by atoms with E-state index in [2.05, 4.69) is 25.6 Å². The number of hydrogen-bond acceptors (Lipinski definition) is 7. The minimum Gasteiger partial charge on any atom is -0.486 e. The largest absolute Gasteiger partial charge is 0.486 e. The molecular formula is C20H19N5O3. The Hall–Kier alpha value is -3.68. The number of pyridine rings is 1. The number of anilines is 2. The van der Waals surface area contributed by atoms with Crippen LogP contribution in [0.3, 0.4) is 0 Å². The Kier molecular flexibility index (Phi) is 5.01. The molecule has 0 spiro atoms. The van der Waals surface area contributed by atoms with Gasteiger partial charge in [-0.05, 0) is 37.3 Å². The van der Waals surface area contributed by atoms with Crippen LogP contribution in [0.5, 0.6) is 11.5 Å². The Morgan fingerprint density at radius 1 is 1.07 bits per heavy atom. The number of nitrogens with zero attached hydrogens (tertiary/aromatic N) is 3. The zero-order valence-corrected chi connectivity index (χ0v) is 15.3. The van der Waals surface area contributed by atoms with Crippen molar-refractivity contribution in [2.45, 2.75) is 13.5 Å². The normalized spacial score (nSPS) is 12.3. The summed E-state index contributed by atoms with van der Waals surface area (Å²) >= 11 is 0. The molecule has 3 heterocycles. The summed E-state index contributed by atoms with van der Waals surface area (Å²) in [5.74, 6) is 1.41. The molecule has 28 heavy (non-hydrogen) atoms. The van der Waals surface area contributed by atoms with Crippen molar-refractivity contribution < 1.29 is 14.3 Å². The lowest BCUT2D eigenvalue weighted by molar-refractivity contribution is 0.0945. The van der Waals surface area contributed by atoms with E-state index < -0.39 is 0 Å². The summed E-state index contributed by atoms with van der Waals surface area (Å²) in [6.45, 7) is 3.19. The second kappa shape index (κ2) is 7.91. The van der Waals surface area contributed by atoms with Crippen LogP contribution in [0.4, 0.5) is 11.6 Å². The predicted molar refractivity (Wildman–Crippen MR) is 103 cm³/mol. The van der Waals surface area contributed by atoms with E-state index in [9.17, 15) is 4.79 Å². The summed E-state index contributed by atoms with van der Waals surface area (Å²) in [6, 6.07) is 12.7. The molecule has 0 aliphatic carbocycles. The van der Waals surface area contributed by atoms with E-state index >= 15 is 0 Å². The molecule has 3 aromatic rings. The minimum atomic E-state index is -0.290. The molecule has 0 atom stereocenters. The number of ether oxygens (including phenoxy) is 2. The lowest BCUT2D eigenvalue weighted by atomic mass is 10.2. The number of amides is 1. The number of hydrogen-bond donors (Lipinski definition) is 2. The summed E-state index contributed by atoms with van der Waals surface area (Å²) in [6.07, 6.45) is 1.69. The first-order valence-corrected chi connectivity index (χ1v) is 8.88. The van der Waals surface area contributed by atoms with Crippen LogP contribution < -0.4 is 20.1 Å². The molecule has 8 heteroatoms. The third-order valence-corrected chi connectivity index (χ3v) is 4.04. The molecule has 4 rings (SSSR count). The van der Waals surface area contributed by atoms with Crippen molar-refractivity contribution in [1.82, 2.24) is 20.3 Å². The monoisotopic (exact) mass is 377 g/mol. The molecule has 1 amide bonds. The van der Waals surface area contributed by atoms with E-state index in [1.807, 2.05) is 43.3 Å². The van der Waals surface area contributed by atoms with Crippen LogP contribution in [0.2, 0.25) is 0 Å². The van der Waals surface area contributed by atoms with Gasteiger partial charge in [0, 0.05) is 23.6 Å². The number of benzene rings is 1. The zero-order valence-electron chi connectivity index (χ0n) is 15.3. The van der Waals surface area contributed by atoms with Crippen molar-refractivity contribution in [3.63, 3.8) is 0 Å². The van der Waals surface area contributed by atoms with E-state index in [1.165, 1.54) is 0 Å². The fraction of sp³-hybridized carbons (Fsp3) is 0.200. The van der Waals surface area contributed by atoms with Gasteiger partial charge in [-0.1, -0.05) is 6.07 Å². The van der Waals surface area contributed by atoms with Crippen LogP contribution in [-0.2, 0) is 6.54 Å². The van der Waals surface area contributed by atoms with E-state index in [1.54, 1.807) is 12.3 Å². The molecular weight excluding hydrogens is 358 g/mol. The first-order chi connectivity index (χ1) is 13.7. The topological polar surface area (TPSA) is 98.3 Å². The Morgan fingerprint density at radius 3 is 2.75 bits per heavy atom. The highest BCUT2D eigenvalue weighted by atomic mass is 16.6. The summed E-state index contributed by atoms with van der Waals surface area (Å²) in [4.78, 5) is 25.3. The van der Waals surface area contributed by atoms with Crippen molar-refractivity contribution in [2.75, 3.05) is 18.5 Å². The van der Waals surface area contributed by atoms with E-state index in [4.69, 9.17) is 9.47 Å². The first-order valence-electron chi connectivity index (χ1n) is 8.88. The maximum absolute atomic E-state index is 12.5. The van der Waals surface area contributed by atoms with Crippen LogP contribution >= 0.6 is 0 Å². The highest BCUT2D eigenvalue weighted by Crippen LogP contribution is 2.33. The molecule has 0 saturated carbocycles. The van der Waals surface area contributed by atoms with Gasteiger partial charge in [0.05, 0.1) is 12.2 Å². The molecule has 0 radical (unpaired) electrons. The average Bonchev–Trinajstić information content (AvgIpc) is 2.72. The van der Waals surface area contributed by atoms with Crippen LogP contribution in [0.15, 0.2) is 48.7 Å². The Balaban J connectivity index is 1.48. The van der Waals surface area contributed by atoms with Gasteiger partial charge < -0.3 is 20.1 Å². The van der Waals surface area contributed by atoms with E-state index in [0.717, 1.165) is 11.4 Å². The van der Waals surface area contributed by atoms with E-state index in [-0.39, 0.29) is 11.6 Å². The highest BCUT2D eigenvalue weighted by molar-refractivity contribution is 5.92. The van der Waals surface area contributed by atoms with Gasteiger partial charge in [-0.25, -0.2) is 9.97 Å². The number of carbonyl (C=O) groups is 1. The molecule has 8 nitrogen and oxygen atoms in total. The Morgan fingerprint density at radius 2 is 1.93 bits per heavy atom. The minimum absolute atomic E-state index is 0.281. The van der Waals surface area contributed by atoms with Crippen molar-refractivity contribution in [3.8, 4) is 11.5 Å². The van der Waals surface area contributed by atoms with Crippen molar-refractivity contribution in [3.05, 3.63) is 65.7 Å². The van der Waals surface area contributed by atoms with Crippen molar-refractivity contribution in [2.24, 2.45) is 0 Å². The lowest BCUT2D eigenvalue weighted by Gasteiger charge is -2.19. The van der Waals surface area contributed by atoms with E-state index in [0.29, 0.717) is 42.9 Å². The predicted octanol–water partition coefficient (Wildman–Crippen LogP) is 2.62. The van der Waals surface area contributed by atoms with Crippen LogP contribution in [-0.4, -0.2) is 34.1 Å². The molecule has 0 fully saturated rings. The maximum atomic E-state index is 12.5. The quantitative estimate of drug-likeness (QED) is 0.705. The summed E-state index contributed by atoms with van der Waals surface area (Å²) in [7, 11) is 0. The second-order valence-electron chi connectivity index (χ2n) is 6.21. The number of aryl methyl sites for hydroxylation is 1. The number of aromatic nitrogens is 3. The van der Waals surface area contributed by atoms with Gasteiger partial charge in [-0.15, -0.1) is 0 Å². The highest BCUT2D eigenvalue weighted by Gasteiger charge is 2.14. The van der Waals surface area contributed by atoms with Crippen LogP contribution in [0, 0.1) is 6.92 Å². The fourth-order valence-corrected chi connectivity index (χ4v) is 2.76. The molecule has 2 aromatic heterocycles. The molecule has 0 bridgehead atoms. The Labute approximate surface area is 162 Å². The van der Waals surface area contributed by atoms with Crippen LogP contribution in [0.25, 0.3) is 0 Å². The smallest absolute Gasteiger partial charge is 0.270 e. The van der Waals surface area contributed by atoms with Gasteiger partial charge in [0.15, 0.2) is 11.5 Å². The maximum Gasteiger partial charge on any atom is 0.270 e. The van der Waals surface area contributed by atoms with Gasteiger partial charge in [0.1, 0.15) is 18.9 Å². The third kappa shape index (κ3) is 4.17. The number of fused-ring (bicyclic) bond motifs is 1. The molecule has 0 saturated heterocycles. The lowest BCUT2D eigenvalue weighted by Crippen LogP contribution is -2.24. The SMILES string of the molecule is Cc1cc(C(=O)NCc2ccccn2)nc(Nc2ccc3c(c2)OCCO3)n1. The number of carbonyl (C=O) groups excluding carboxylic acids is 1. The molecule has 142 valence electrons. The van der Waals surface area contributed by atoms with Gasteiger partial charge in [0.2, 0.25) is 5.95 Å². The average molecular weight is 377 g/mol. The number of nitrogens with one attached hydrogen (secondary N) is 2. The first kappa shape index (κ1) is 17.7. The fourth-order valence-electron chi connectivity index (χ4n) is 2.76. The molecule has 1 aliphatic rings. The van der Waals surface area contributed by atoms with Crippen molar-refractivity contribution >= 4 is 17.5 Å². The summed E-state index contributed by atoms with van der Waals surface area (Å²) in [5.41, 5.74) is 2.48. The van der Waals surface area contributed by atoms with Gasteiger partial charge in [0.25, 0.3) is 5.91 Å². The second-order valence-corrected chi connectivity index (χ2v) is 6.21. The standard InChI is InChI=1S/C20H19N5O3/c1-13-10-16(19(26)22-12-15-4-2-3-7-21-15)25-20(23-13)24-14-5-6-17-18(11-14)28-9-8-27-17/h2-7,10-11H,8-9,12H2,1H3,(H,22,26)(H,23,24,25). The number of rotatable bonds is 5. The summed E-state index contributed by atoms with van der Waals surface area (Å²) in [5, 5.41) is 5.93. The molecule has 2 N–H and O–H groups in total. The Bertz CT molecular complexity index is 994. The van der Waals surface area contributed by atoms with Crippen molar-refractivity contribution in [1.29, 1.82) is 0 Å². The third-order valence-electron chi connectivity index (χ3n) is 4.04. The van der Waals surface area contributed by atoms with Crippen LogP contribution in [0.1, 0.15) is 21.9 Å². The zero-order chi connectivity index (χ0) is 19.3. The van der Waals surface area contributed by atoms with Gasteiger partial charge in [-0.3, -0.25) is 9.78 Å². The molecule has 1 aromatic carbocycles. The molecule has 1 aliphatic heterocycles.